The number of aromatic nitrogens is 3. The fourth-order valence-corrected chi connectivity index (χ4v) is 4.29. The normalized spacial score (nSPS) is 18.4. The zero-order valence-electron chi connectivity index (χ0n) is 18.9. The highest BCUT2D eigenvalue weighted by atomic mass is 19.1. The zero-order valence-corrected chi connectivity index (χ0v) is 18.9. The summed E-state index contributed by atoms with van der Waals surface area (Å²) >= 11 is 0. The molecule has 33 heavy (non-hydrogen) atoms. The van der Waals surface area contributed by atoms with E-state index in [4.69, 9.17) is 16.2 Å². The van der Waals surface area contributed by atoms with E-state index in [9.17, 15) is 9.18 Å². The number of halogens is 1. The van der Waals surface area contributed by atoms with E-state index in [-0.39, 0.29) is 29.3 Å². The molecule has 1 aromatic carbocycles. The quantitative estimate of drug-likeness (QED) is 0.410. The van der Waals surface area contributed by atoms with Gasteiger partial charge in [0.05, 0.1) is 29.9 Å². The molecule has 1 unspecified atom stereocenters. The topological polar surface area (TPSA) is 133 Å². The monoisotopic (exact) mass is 455 g/mol. The predicted octanol–water partition coefficient (Wildman–Crippen LogP) is 3.05. The lowest BCUT2D eigenvalue weighted by molar-refractivity contribution is 0.100. The van der Waals surface area contributed by atoms with Crippen LogP contribution >= 0.6 is 0 Å². The Hall–Kier alpha value is -3.24. The largest absolute Gasteiger partial charge is 0.383 e. The van der Waals surface area contributed by atoms with Gasteiger partial charge in [0.25, 0.3) is 5.91 Å². The van der Waals surface area contributed by atoms with E-state index in [1.807, 2.05) is 29.8 Å². The molecule has 3 aromatic rings. The van der Waals surface area contributed by atoms with Gasteiger partial charge in [-0.1, -0.05) is 12.8 Å². The average Bonchev–Trinajstić information content (AvgIpc) is 3.10. The molecule has 4 rings (SSSR count). The first-order valence-electron chi connectivity index (χ1n) is 11.1. The number of methoxy groups -OCH3 is 1. The third kappa shape index (κ3) is 4.91. The number of amides is 1. The number of primary amides is 1. The second-order valence-corrected chi connectivity index (χ2v) is 8.44. The van der Waals surface area contributed by atoms with Crippen LogP contribution in [0.5, 0.6) is 0 Å². The highest BCUT2D eigenvalue weighted by Gasteiger charge is 2.24. The molecular formula is C23H30FN7O2. The summed E-state index contributed by atoms with van der Waals surface area (Å²) in [5.74, 6) is -1.18. The summed E-state index contributed by atoms with van der Waals surface area (Å²) in [5.41, 5.74) is 14.2. The second-order valence-electron chi connectivity index (χ2n) is 8.44. The molecule has 0 bridgehead atoms. The number of fused-ring (bicyclic) bond motifs is 1. The van der Waals surface area contributed by atoms with E-state index >= 15 is 0 Å². The maximum atomic E-state index is 14.8. The van der Waals surface area contributed by atoms with Crippen molar-refractivity contribution in [2.24, 2.45) is 11.5 Å². The van der Waals surface area contributed by atoms with Crippen molar-refractivity contribution in [3.8, 4) is 0 Å². The summed E-state index contributed by atoms with van der Waals surface area (Å²) < 4.78 is 21.8. The maximum absolute atomic E-state index is 14.8. The van der Waals surface area contributed by atoms with Crippen LogP contribution in [0, 0.1) is 12.7 Å². The molecule has 2 aromatic heterocycles. The first-order chi connectivity index (χ1) is 15.9. The zero-order chi connectivity index (χ0) is 23.5. The van der Waals surface area contributed by atoms with Crippen LogP contribution in [-0.4, -0.2) is 46.5 Å². The minimum atomic E-state index is -0.769. The summed E-state index contributed by atoms with van der Waals surface area (Å²) in [6.45, 7) is 3.12. The Morgan fingerprint density at radius 2 is 2.06 bits per heavy atom. The number of hydrogen-bond acceptors (Lipinski definition) is 7. The lowest BCUT2D eigenvalue weighted by Gasteiger charge is -2.30. The molecule has 1 aliphatic carbocycles. The van der Waals surface area contributed by atoms with Gasteiger partial charge in [0.15, 0.2) is 11.6 Å². The first kappa shape index (κ1) is 22.9. The van der Waals surface area contributed by atoms with E-state index in [1.54, 1.807) is 7.11 Å². The molecule has 2 heterocycles. The molecule has 176 valence electrons. The number of benzene rings is 1. The smallest absolute Gasteiger partial charge is 0.252 e. The molecular weight excluding hydrogens is 425 g/mol. The minimum absolute atomic E-state index is 0.0291. The van der Waals surface area contributed by atoms with E-state index in [1.165, 1.54) is 0 Å². The van der Waals surface area contributed by atoms with Crippen LogP contribution in [0.25, 0.3) is 10.9 Å². The molecule has 1 saturated carbocycles. The van der Waals surface area contributed by atoms with Gasteiger partial charge in [-0.25, -0.2) is 9.37 Å². The van der Waals surface area contributed by atoms with Gasteiger partial charge in [-0.3, -0.25) is 9.48 Å². The number of rotatable bonds is 8. The average molecular weight is 456 g/mol. The fraction of sp³-hybridized carbons (Fsp3) is 0.435. The number of hydrogen-bond donors (Lipinski definition) is 4. The van der Waals surface area contributed by atoms with Crippen LogP contribution < -0.4 is 22.1 Å². The van der Waals surface area contributed by atoms with Gasteiger partial charge in [0.2, 0.25) is 0 Å². The standard InChI is InChI=1S/C23H30FN7O2/c1-13-15-11-14(7-8-20(15)31(30-13)9-10-33-2)27-22-16(21(26)32)12-17(24)23(29-22)28-19-6-4-3-5-18(19)25/h7-8,11-12,18-19H,3-6,9-10,25H2,1-2H3,(H2,26,32)(H2,27,28,29)/t18-,19?/m0/s1. The Labute approximate surface area is 191 Å². The van der Waals surface area contributed by atoms with Crippen molar-refractivity contribution in [2.45, 2.75) is 51.2 Å². The first-order valence-corrected chi connectivity index (χ1v) is 11.1. The van der Waals surface area contributed by atoms with Gasteiger partial charge < -0.3 is 26.8 Å². The van der Waals surface area contributed by atoms with Crippen LogP contribution in [0.1, 0.15) is 41.7 Å². The lowest BCUT2D eigenvalue weighted by atomic mass is 9.91. The van der Waals surface area contributed by atoms with Gasteiger partial charge in [0.1, 0.15) is 5.82 Å². The summed E-state index contributed by atoms with van der Waals surface area (Å²) in [4.78, 5) is 16.4. The number of carbonyl (C=O) groups excluding carboxylic acids is 1. The third-order valence-corrected chi connectivity index (χ3v) is 6.09. The van der Waals surface area contributed by atoms with Crippen molar-refractivity contribution in [2.75, 3.05) is 24.4 Å². The van der Waals surface area contributed by atoms with Crippen molar-refractivity contribution in [1.29, 1.82) is 0 Å². The molecule has 1 aliphatic rings. The van der Waals surface area contributed by atoms with Crippen LogP contribution in [0.2, 0.25) is 0 Å². The highest BCUT2D eigenvalue weighted by molar-refractivity contribution is 5.99. The van der Waals surface area contributed by atoms with E-state index in [0.29, 0.717) is 18.8 Å². The number of carbonyl (C=O) groups is 1. The van der Waals surface area contributed by atoms with Crippen molar-refractivity contribution in [3.05, 3.63) is 41.3 Å². The molecule has 0 saturated heterocycles. The number of nitrogens with two attached hydrogens (primary N) is 2. The number of nitrogens with zero attached hydrogens (tertiary/aromatic N) is 3. The van der Waals surface area contributed by atoms with Gasteiger partial charge >= 0.3 is 0 Å². The Bertz CT molecular complexity index is 1160. The Balaban J connectivity index is 1.65. The molecule has 1 amide bonds. The number of ether oxygens (including phenoxy) is 1. The Kier molecular flexibility index (Phi) is 6.75. The predicted molar refractivity (Wildman–Crippen MR) is 126 cm³/mol. The molecule has 1 fully saturated rings. The molecule has 10 heteroatoms. The van der Waals surface area contributed by atoms with Crippen molar-refractivity contribution in [1.82, 2.24) is 14.8 Å². The molecule has 0 aliphatic heterocycles. The molecule has 2 atom stereocenters. The van der Waals surface area contributed by atoms with Crippen LogP contribution in [0.3, 0.4) is 0 Å². The number of pyridine rings is 1. The number of nitrogens with one attached hydrogen (secondary N) is 2. The summed E-state index contributed by atoms with van der Waals surface area (Å²) in [7, 11) is 1.65. The molecule has 6 N–H and O–H groups in total. The fourth-order valence-electron chi connectivity index (χ4n) is 4.29. The second kappa shape index (κ2) is 9.72. The van der Waals surface area contributed by atoms with Crippen LogP contribution in [-0.2, 0) is 11.3 Å². The Morgan fingerprint density at radius 1 is 1.27 bits per heavy atom. The van der Waals surface area contributed by atoms with Crippen molar-refractivity contribution in [3.63, 3.8) is 0 Å². The summed E-state index contributed by atoms with van der Waals surface area (Å²) in [6.07, 6.45) is 3.80. The van der Waals surface area contributed by atoms with Crippen molar-refractivity contribution >= 4 is 34.1 Å². The van der Waals surface area contributed by atoms with Gasteiger partial charge in [-0.05, 0) is 44.0 Å². The number of anilines is 3. The molecule has 9 nitrogen and oxygen atoms in total. The third-order valence-electron chi connectivity index (χ3n) is 6.09. The van der Waals surface area contributed by atoms with E-state index in [0.717, 1.165) is 48.3 Å². The molecule has 0 spiro atoms. The summed E-state index contributed by atoms with van der Waals surface area (Å²) in [5, 5.41) is 11.8. The molecule has 0 radical (unpaired) electrons. The van der Waals surface area contributed by atoms with Crippen LogP contribution in [0.15, 0.2) is 24.3 Å². The van der Waals surface area contributed by atoms with Gasteiger partial charge in [0, 0.05) is 30.3 Å². The van der Waals surface area contributed by atoms with E-state index < -0.39 is 11.7 Å². The Morgan fingerprint density at radius 3 is 2.79 bits per heavy atom. The maximum Gasteiger partial charge on any atom is 0.252 e. The SMILES string of the molecule is COCCn1nc(C)c2cc(Nc3nc(NC4CCCC[C@@H]4N)c(F)cc3C(N)=O)ccc21. The number of aryl methyl sites for hydroxylation is 1. The van der Waals surface area contributed by atoms with E-state index in [2.05, 4.69) is 20.7 Å². The highest BCUT2D eigenvalue weighted by Crippen LogP contribution is 2.29. The van der Waals surface area contributed by atoms with Gasteiger partial charge in [-0.15, -0.1) is 0 Å². The van der Waals surface area contributed by atoms with Gasteiger partial charge in [-0.2, -0.15) is 5.10 Å². The van der Waals surface area contributed by atoms with Crippen molar-refractivity contribution < 1.29 is 13.9 Å². The minimum Gasteiger partial charge on any atom is -0.383 e. The van der Waals surface area contributed by atoms with Crippen LogP contribution in [0.4, 0.5) is 21.7 Å². The lowest BCUT2D eigenvalue weighted by Crippen LogP contribution is -2.43. The summed E-state index contributed by atoms with van der Waals surface area (Å²) in [6, 6.07) is 6.66.